The number of anilines is 1. The van der Waals surface area contributed by atoms with Crippen molar-refractivity contribution in [3.05, 3.63) is 88.4 Å². The van der Waals surface area contributed by atoms with Gasteiger partial charge in [-0.1, -0.05) is 29.8 Å². The van der Waals surface area contributed by atoms with Gasteiger partial charge < -0.3 is 14.3 Å². The Morgan fingerprint density at radius 2 is 1.79 bits per heavy atom. The second kappa shape index (κ2) is 8.62. The minimum Gasteiger partial charge on any atom is -0.507 e. The van der Waals surface area contributed by atoms with Crippen molar-refractivity contribution in [1.82, 2.24) is 0 Å². The monoisotopic (exact) mass is 445 g/mol. The van der Waals surface area contributed by atoms with Crippen LogP contribution >= 0.6 is 0 Å². The summed E-state index contributed by atoms with van der Waals surface area (Å²) in [6.45, 7) is 9.45. The quantitative estimate of drug-likeness (QED) is 0.313. The number of nitrogens with zero attached hydrogens (tertiary/aromatic N) is 1. The van der Waals surface area contributed by atoms with Gasteiger partial charge in [0.15, 0.2) is 0 Å². The van der Waals surface area contributed by atoms with Crippen LogP contribution in [0.4, 0.5) is 5.69 Å². The van der Waals surface area contributed by atoms with E-state index in [1.807, 2.05) is 45.9 Å². The maximum atomic E-state index is 13.3. The standard InChI is InChI=1S/C27H27NO5/c1-15(2)32-20-8-6-7-19(14-20)25(29)23-24(22-12-10-18(5)33-22)28(27(31)26(23)30)21-11-9-16(3)13-17(21)4/h6-15,24,29H,1-5H3/b25-23-. The molecule has 0 radical (unpaired) electrons. The van der Waals surface area contributed by atoms with E-state index in [2.05, 4.69) is 0 Å². The fourth-order valence-electron chi connectivity index (χ4n) is 4.17. The zero-order chi connectivity index (χ0) is 23.9. The molecule has 170 valence electrons. The summed E-state index contributed by atoms with van der Waals surface area (Å²) in [5.74, 6) is -0.137. The largest absolute Gasteiger partial charge is 0.507 e. The number of ether oxygens (including phenoxy) is 1. The lowest BCUT2D eigenvalue weighted by Crippen LogP contribution is -2.30. The first-order chi connectivity index (χ1) is 15.7. The lowest BCUT2D eigenvalue weighted by molar-refractivity contribution is -0.132. The summed E-state index contributed by atoms with van der Waals surface area (Å²) in [5.41, 5.74) is 2.85. The molecular weight excluding hydrogens is 418 g/mol. The molecule has 2 aromatic carbocycles. The second-order valence-electron chi connectivity index (χ2n) is 8.60. The molecule has 2 heterocycles. The van der Waals surface area contributed by atoms with E-state index in [0.29, 0.717) is 28.5 Å². The van der Waals surface area contributed by atoms with Crippen molar-refractivity contribution in [3.63, 3.8) is 0 Å². The highest BCUT2D eigenvalue weighted by Gasteiger charge is 2.48. The van der Waals surface area contributed by atoms with E-state index in [1.54, 1.807) is 43.3 Å². The van der Waals surface area contributed by atoms with Crippen LogP contribution in [0.1, 0.15) is 48.1 Å². The van der Waals surface area contributed by atoms with Crippen LogP contribution in [0.5, 0.6) is 5.75 Å². The molecule has 1 N–H and O–H groups in total. The molecule has 1 fully saturated rings. The van der Waals surface area contributed by atoms with E-state index >= 15 is 0 Å². The van der Waals surface area contributed by atoms with Gasteiger partial charge in [-0.05, 0) is 70.5 Å². The molecule has 0 spiro atoms. The second-order valence-corrected chi connectivity index (χ2v) is 8.60. The van der Waals surface area contributed by atoms with Gasteiger partial charge in [-0.15, -0.1) is 0 Å². The van der Waals surface area contributed by atoms with Crippen LogP contribution in [-0.4, -0.2) is 22.9 Å². The smallest absolute Gasteiger partial charge is 0.300 e. The molecular formula is C27H27NO5. The number of ketones is 1. The highest BCUT2D eigenvalue weighted by atomic mass is 16.5. The average molecular weight is 446 g/mol. The number of hydrogen-bond acceptors (Lipinski definition) is 5. The summed E-state index contributed by atoms with van der Waals surface area (Å²) >= 11 is 0. The van der Waals surface area contributed by atoms with Crippen molar-refractivity contribution in [3.8, 4) is 5.75 Å². The summed E-state index contributed by atoms with van der Waals surface area (Å²) < 4.78 is 11.6. The van der Waals surface area contributed by atoms with Gasteiger partial charge >= 0.3 is 0 Å². The molecule has 0 aliphatic carbocycles. The summed E-state index contributed by atoms with van der Waals surface area (Å²) in [6, 6.07) is 15.1. The van der Waals surface area contributed by atoms with Crippen molar-refractivity contribution in [2.45, 2.75) is 46.8 Å². The Balaban J connectivity index is 1.91. The predicted octanol–water partition coefficient (Wildman–Crippen LogP) is 5.62. The first kappa shape index (κ1) is 22.4. The van der Waals surface area contributed by atoms with Crippen LogP contribution in [0.3, 0.4) is 0 Å². The van der Waals surface area contributed by atoms with Gasteiger partial charge in [-0.25, -0.2) is 0 Å². The SMILES string of the molecule is Cc1ccc(N2C(=O)C(=O)/C(=C(\O)c3cccc(OC(C)C)c3)C2c2ccc(C)o2)c(C)c1. The molecule has 1 saturated heterocycles. The zero-order valence-corrected chi connectivity index (χ0v) is 19.4. The molecule has 33 heavy (non-hydrogen) atoms. The molecule has 6 heteroatoms. The number of carbonyl (C=O) groups excluding carboxylic acids is 2. The molecule has 1 atom stereocenters. The van der Waals surface area contributed by atoms with Crippen molar-refractivity contribution < 1.29 is 23.8 Å². The third-order valence-electron chi connectivity index (χ3n) is 5.57. The average Bonchev–Trinajstić information content (AvgIpc) is 3.29. The number of aliphatic hydroxyl groups excluding tert-OH is 1. The minimum atomic E-state index is -0.894. The molecule has 1 unspecified atom stereocenters. The molecule has 6 nitrogen and oxygen atoms in total. The first-order valence-electron chi connectivity index (χ1n) is 10.9. The van der Waals surface area contributed by atoms with Crippen molar-refractivity contribution >= 4 is 23.1 Å². The van der Waals surface area contributed by atoms with E-state index < -0.39 is 17.7 Å². The minimum absolute atomic E-state index is 0.0176. The van der Waals surface area contributed by atoms with E-state index in [-0.39, 0.29) is 17.4 Å². The summed E-state index contributed by atoms with van der Waals surface area (Å²) in [4.78, 5) is 27.9. The number of furan rings is 1. The molecule has 3 aromatic rings. The zero-order valence-electron chi connectivity index (χ0n) is 19.4. The Labute approximate surface area is 193 Å². The Morgan fingerprint density at radius 3 is 2.42 bits per heavy atom. The van der Waals surface area contributed by atoms with Crippen LogP contribution in [-0.2, 0) is 9.59 Å². The van der Waals surface area contributed by atoms with Crippen molar-refractivity contribution in [1.29, 1.82) is 0 Å². The predicted molar refractivity (Wildman–Crippen MR) is 126 cm³/mol. The summed E-state index contributed by atoms with van der Waals surface area (Å²) in [6.07, 6.45) is -0.0522. The van der Waals surface area contributed by atoms with Gasteiger partial charge in [0, 0.05) is 11.3 Å². The summed E-state index contributed by atoms with van der Waals surface area (Å²) in [7, 11) is 0. The molecule has 1 aliphatic heterocycles. The topological polar surface area (TPSA) is 80.0 Å². The summed E-state index contributed by atoms with van der Waals surface area (Å²) in [5, 5.41) is 11.3. The third kappa shape index (κ3) is 4.16. The van der Waals surface area contributed by atoms with Crippen LogP contribution in [0.15, 0.2) is 64.6 Å². The molecule has 1 aliphatic rings. The van der Waals surface area contributed by atoms with Gasteiger partial charge in [-0.2, -0.15) is 0 Å². The Bertz CT molecular complexity index is 1270. The van der Waals surface area contributed by atoms with E-state index in [9.17, 15) is 14.7 Å². The van der Waals surface area contributed by atoms with Gasteiger partial charge in [-0.3, -0.25) is 14.5 Å². The van der Waals surface area contributed by atoms with Gasteiger partial charge in [0.25, 0.3) is 11.7 Å². The fraction of sp³-hybridized carbons (Fsp3) is 0.259. The maximum Gasteiger partial charge on any atom is 0.300 e. The number of carbonyl (C=O) groups is 2. The molecule has 0 bridgehead atoms. The Kier molecular flexibility index (Phi) is 5.85. The number of aryl methyl sites for hydroxylation is 3. The molecule has 1 aromatic heterocycles. The van der Waals surface area contributed by atoms with Crippen LogP contribution in [0.2, 0.25) is 0 Å². The number of Topliss-reactive ketones (excluding diaryl/α,β-unsaturated/α-hetero) is 1. The van der Waals surface area contributed by atoms with E-state index in [1.165, 1.54) is 4.90 Å². The highest BCUT2D eigenvalue weighted by Crippen LogP contribution is 2.43. The Morgan fingerprint density at radius 1 is 1.03 bits per heavy atom. The molecule has 4 rings (SSSR count). The van der Waals surface area contributed by atoms with E-state index in [4.69, 9.17) is 9.15 Å². The molecule has 0 saturated carbocycles. The first-order valence-corrected chi connectivity index (χ1v) is 10.9. The van der Waals surface area contributed by atoms with Gasteiger partial charge in [0.05, 0.1) is 11.7 Å². The Hall–Kier alpha value is -3.80. The number of hydrogen-bond donors (Lipinski definition) is 1. The normalized spacial score (nSPS) is 17.8. The van der Waals surface area contributed by atoms with Crippen LogP contribution < -0.4 is 9.64 Å². The number of aliphatic hydroxyl groups is 1. The maximum absolute atomic E-state index is 13.3. The van der Waals surface area contributed by atoms with E-state index in [0.717, 1.165) is 11.1 Å². The third-order valence-corrected chi connectivity index (χ3v) is 5.57. The lowest BCUT2D eigenvalue weighted by atomic mass is 9.98. The molecule has 1 amide bonds. The number of amides is 1. The van der Waals surface area contributed by atoms with Crippen molar-refractivity contribution in [2.24, 2.45) is 0 Å². The number of rotatable bonds is 5. The fourth-order valence-corrected chi connectivity index (χ4v) is 4.17. The lowest BCUT2D eigenvalue weighted by Gasteiger charge is -2.25. The van der Waals surface area contributed by atoms with Crippen LogP contribution in [0, 0.1) is 20.8 Å². The highest BCUT2D eigenvalue weighted by molar-refractivity contribution is 6.51. The van der Waals surface area contributed by atoms with Gasteiger partial charge in [0.1, 0.15) is 29.1 Å². The van der Waals surface area contributed by atoms with Gasteiger partial charge in [0.2, 0.25) is 0 Å². The van der Waals surface area contributed by atoms with Crippen molar-refractivity contribution in [2.75, 3.05) is 4.90 Å². The number of benzene rings is 2. The van der Waals surface area contributed by atoms with Crippen LogP contribution in [0.25, 0.3) is 5.76 Å².